The predicted molar refractivity (Wildman–Crippen MR) is 84.0 cm³/mol. The molecule has 1 heterocycles. The molecule has 1 aromatic heterocycles. The molecule has 0 aliphatic heterocycles. The zero-order chi connectivity index (χ0) is 15.0. The summed E-state index contributed by atoms with van der Waals surface area (Å²) in [5.74, 6) is 0. The van der Waals surface area contributed by atoms with Crippen molar-refractivity contribution in [3.8, 4) is 0 Å². The first-order valence-electron chi connectivity index (χ1n) is 8.08. The van der Waals surface area contributed by atoms with Gasteiger partial charge in [0.25, 0.3) is 0 Å². The van der Waals surface area contributed by atoms with Crippen LogP contribution >= 0.6 is 0 Å². The van der Waals surface area contributed by atoms with Gasteiger partial charge in [-0.05, 0) is 38.4 Å². The van der Waals surface area contributed by atoms with Crippen LogP contribution in [0.3, 0.4) is 0 Å². The number of nitrogens with zero attached hydrogens (tertiary/aromatic N) is 3. The van der Waals surface area contributed by atoms with Crippen LogP contribution in [0, 0.1) is 0 Å². The second-order valence-corrected chi connectivity index (χ2v) is 5.43. The quantitative estimate of drug-likeness (QED) is 0.717. The summed E-state index contributed by atoms with van der Waals surface area (Å²) in [5.41, 5.74) is 1.00. The Hall–Kier alpha value is -0.870. The summed E-state index contributed by atoms with van der Waals surface area (Å²) < 4.78 is 2.05. The first-order chi connectivity index (χ1) is 9.64. The lowest BCUT2D eigenvalue weighted by Gasteiger charge is -2.19. The highest BCUT2D eigenvalue weighted by atomic mass is 16.3. The van der Waals surface area contributed by atoms with Crippen LogP contribution in [0.15, 0.2) is 12.3 Å². The fourth-order valence-electron chi connectivity index (χ4n) is 2.57. The molecule has 1 rings (SSSR count). The fourth-order valence-corrected chi connectivity index (χ4v) is 2.57. The Labute approximate surface area is 123 Å². The maximum atomic E-state index is 10.1. The first kappa shape index (κ1) is 17.2. The van der Waals surface area contributed by atoms with E-state index < -0.39 is 0 Å². The molecule has 1 N–H and O–H groups in total. The lowest BCUT2D eigenvalue weighted by atomic mass is 10.1. The minimum atomic E-state index is -0.291. The lowest BCUT2D eigenvalue weighted by Crippen LogP contribution is -2.27. The molecule has 1 unspecified atom stereocenters. The molecule has 0 fully saturated rings. The molecule has 4 heteroatoms. The molecule has 116 valence electrons. The van der Waals surface area contributed by atoms with Crippen LogP contribution in [0.2, 0.25) is 0 Å². The summed E-state index contributed by atoms with van der Waals surface area (Å²) in [4.78, 5) is 2.34. The van der Waals surface area contributed by atoms with Crippen molar-refractivity contribution in [3.05, 3.63) is 18.0 Å². The Morgan fingerprint density at radius 1 is 1.20 bits per heavy atom. The van der Waals surface area contributed by atoms with Crippen molar-refractivity contribution < 1.29 is 5.11 Å². The van der Waals surface area contributed by atoms with Crippen LogP contribution in [0.25, 0.3) is 0 Å². The van der Waals surface area contributed by atoms with Gasteiger partial charge < -0.3 is 10.0 Å². The highest BCUT2D eigenvalue weighted by Crippen LogP contribution is 2.15. The lowest BCUT2D eigenvalue weighted by molar-refractivity contribution is 0.142. The highest BCUT2D eigenvalue weighted by molar-refractivity contribution is 5.01. The van der Waals surface area contributed by atoms with Crippen molar-refractivity contribution in [3.63, 3.8) is 0 Å². The van der Waals surface area contributed by atoms with E-state index in [0.29, 0.717) is 12.5 Å². The monoisotopic (exact) mass is 281 g/mol. The van der Waals surface area contributed by atoms with Crippen LogP contribution in [0.5, 0.6) is 0 Å². The van der Waals surface area contributed by atoms with Gasteiger partial charge in [0.05, 0.1) is 17.8 Å². The molecular formula is C16H31N3O. The topological polar surface area (TPSA) is 41.3 Å². The molecule has 20 heavy (non-hydrogen) atoms. The maximum Gasteiger partial charge on any atom is 0.0650 e. The van der Waals surface area contributed by atoms with E-state index >= 15 is 0 Å². The van der Waals surface area contributed by atoms with Gasteiger partial charge in [0.2, 0.25) is 0 Å². The molecule has 0 radical (unpaired) electrons. The summed E-state index contributed by atoms with van der Waals surface area (Å²) in [6, 6.07) is 2.52. The molecule has 0 amide bonds. The van der Waals surface area contributed by atoms with E-state index in [1.54, 1.807) is 0 Å². The van der Waals surface area contributed by atoms with Crippen LogP contribution in [-0.2, 0) is 6.42 Å². The predicted octanol–water partition coefficient (Wildman–Crippen LogP) is 2.88. The third kappa shape index (κ3) is 5.25. The molecular weight excluding hydrogens is 250 g/mol. The molecule has 0 aliphatic carbocycles. The Morgan fingerprint density at radius 3 is 2.40 bits per heavy atom. The third-order valence-corrected chi connectivity index (χ3v) is 4.10. The number of aliphatic hydroxyl groups excluding tert-OH is 1. The van der Waals surface area contributed by atoms with E-state index in [4.69, 9.17) is 0 Å². The maximum absolute atomic E-state index is 10.1. The Kier molecular flexibility index (Phi) is 7.85. The first-order valence-corrected chi connectivity index (χ1v) is 8.08. The zero-order valence-electron chi connectivity index (χ0n) is 13.5. The van der Waals surface area contributed by atoms with E-state index in [1.807, 2.05) is 16.9 Å². The molecule has 1 atom stereocenters. The van der Waals surface area contributed by atoms with Gasteiger partial charge in [0.1, 0.15) is 0 Å². The number of rotatable bonds is 10. The Morgan fingerprint density at radius 2 is 1.85 bits per heavy atom. The Bertz CT molecular complexity index is 356. The summed E-state index contributed by atoms with van der Waals surface area (Å²) in [6.07, 6.45) is 5.43. The molecule has 1 aromatic rings. The highest BCUT2D eigenvalue weighted by Gasteiger charge is 2.12. The summed E-state index contributed by atoms with van der Waals surface area (Å²) >= 11 is 0. The summed E-state index contributed by atoms with van der Waals surface area (Å²) in [5, 5.41) is 14.7. The SMILES string of the molecule is CCC(CC)n1ccc(CC(O)CCN(CC)CC)n1. The normalized spacial score (nSPS) is 13.3. The van der Waals surface area contributed by atoms with Gasteiger partial charge in [-0.25, -0.2) is 0 Å². The minimum Gasteiger partial charge on any atom is -0.393 e. The third-order valence-electron chi connectivity index (χ3n) is 4.10. The number of aliphatic hydroxyl groups is 1. The van der Waals surface area contributed by atoms with Crippen LogP contribution < -0.4 is 0 Å². The van der Waals surface area contributed by atoms with Crippen molar-refractivity contribution in [2.24, 2.45) is 0 Å². The number of hydrogen-bond donors (Lipinski definition) is 1. The zero-order valence-corrected chi connectivity index (χ0v) is 13.5. The molecule has 0 saturated carbocycles. The summed E-state index contributed by atoms with van der Waals surface area (Å²) in [7, 11) is 0. The van der Waals surface area contributed by atoms with Crippen molar-refractivity contribution in [2.75, 3.05) is 19.6 Å². The van der Waals surface area contributed by atoms with Crippen molar-refractivity contribution in [2.45, 2.75) is 65.5 Å². The molecule has 0 aromatic carbocycles. The van der Waals surface area contributed by atoms with Gasteiger partial charge in [-0.1, -0.05) is 27.7 Å². The van der Waals surface area contributed by atoms with E-state index in [9.17, 15) is 5.11 Å². The molecule has 0 saturated heterocycles. The summed E-state index contributed by atoms with van der Waals surface area (Å²) in [6.45, 7) is 11.8. The molecule has 0 aliphatic rings. The number of aromatic nitrogens is 2. The Balaban J connectivity index is 2.44. The van der Waals surface area contributed by atoms with Crippen molar-refractivity contribution in [1.82, 2.24) is 14.7 Å². The number of hydrogen-bond acceptors (Lipinski definition) is 3. The molecule has 0 spiro atoms. The van der Waals surface area contributed by atoms with E-state index in [-0.39, 0.29) is 6.10 Å². The second kappa shape index (κ2) is 9.14. The van der Waals surface area contributed by atoms with Crippen LogP contribution in [0.1, 0.15) is 58.7 Å². The standard InChI is InChI=1S/C16H31N3O/c1-5-15(6-2)19-12-9-14(17-19)13-16(20)10-11-18(7-3)8-4/h9,12,15-16,20H,5-8,10-11,13H2,1-4H3. The molecule has 4 nitrogen and oxygen atoms in total. The average molecular weight is 281 g/mol. The van der Waals surface area contributed by atoms with Gasteiger partial charge in [-0.2, -0.15) is 5.10 Å². The average Bonchev–Trinajstić information content (AvgIpc) is 2.89. The van der Waals surface area contributed by atoms with Gasteiger partial charge in [-0.3, -0.25) is 4.68 Å². The van der Waals surface area contributed by atoms with Crippen molar-refractivity contribution >= 4 is 0 Å². The van der Waals surface area contributed by atoms with Gasteiger partial charge >= 0.3 is 0 Å². The van der Waals surface area contributed by atoms with Gasteiger partial charge in [-0.15, -0.1) is 0 Å². The van der Waals surface area contributed by atoms with E-state index in [2.05, 4.69) is 37.7 Å². The van der Waals surface area contributed by atoms with Crippen molar-refractivity contribution in [1.29, 1.82) is 0 Å². The largest absolute Gasteiger partial charge is 0.393 e. The van der Waals surface area contributed by atoms with Gasteiger partial charge in [0, 0.05) is 19.2 Å². The smallest absolute Gasteiger partial charge is 0.0650 e. The molecule has 0 bridgehead atoms. The van der Waals surface area contributed by atoms with Crippen LogP contribution in [0.4, 0.5) is 0 Å². The van der Waals surface area contributed by atoms with Crippen LogP contribution in [-0.4, -0.2) is 45.5 Å². The van der Waals surface area contributed by atoms with E-state index in [0.717, 1.165) is 44.6 Å². The fraction of sp³-hybridized carbons (Fsp3) is 0.812. The van der Waals surface area contributed by atoms with Gasteiger partial charge in [0.15, 0.2) is 0 Å². The van der Waals surface area contributed by atoms with E-state index in [1.165, 1.54) is 0 Å². The second-order valence-electron chi connectivity index (χ2n) is 5.43. The minimum absolute atomic E-state index is 0.291.